The smallest absolute Gasteiger partial charge is 0.372 e. The van der Waals surface area contributed by atoms with Crippen LogP contribution in [0.3, 0.4) is 0 Å². The normalized spacial score (nSPS) is 22.6. The maximum absolute atomic E-state index is 13.6. The molecule has 2 fully saturated rings. The quantitative estimate of drug-likeness (QED) is 0.259. The van der Waals surface area contributed by atoms with Crippen LogP contribution in [-0.2, 0) is 27.3 Å². The van der Waals surface area contributed by atoms with Crippen LogP contribution in [0.1, 0.15) is 67.4 Å². The predicted octanol–water partition coefficient (Wildman–Crippen LogP) is 7.78. The fraction of sp³-hybridized carbons (Fsp3) is 0.379. The van der Waals surface area contributed by atoms with Crippen molar-refractivity contribution in [2.24, 2.45) is 0 Å². The second kappa shape index (κ2) is 9.22. The van der Waals surface area contributed by atoms with Crippen molar-refractivity contribution < 1.29 is 35.9 Å². The summed E-state index contributed by atoms with van der Waals surface area (Å²) < 4.78 is 89.0. The molecule has 1 N–H and O–H groups in total. The molecule has 1 saturated carbocycles. The number of alkyl halides is 6. The van der Waals surface area contributed by atoms with E-state index in [1.807, 2.05) is 31.2 Å². The van der Waals surface area contributed by atoms with Crippen molar-refractivity contribution in [1.82, 2.24) is 14.8 Å². The van der Waals surface area contributed by atoms with Gasteiger partial charge in [0.25, 0.3) is 0 Å². The summed E-state index contributed by atoms with van der Waals surface area (Å²) in [7, 11) is 0. The number of aromatic amines is 1. The Bertz CT molecular complexity index is 1590. The van der Waals surface area contributed by atoms with Crippen LogP contribution in [0.25, 0.3) is 22.0 Å². The van der Waals surface area contributed by atoms with Crippen molar-refractivity contribution >= 4 is 16.7 Å². The summed E-state index contributed by atoms with van der Waals surface area (Å²) in [6, 6.07) is 13.0. The third-order valence-corrected chi connectivity index (χ3v) is 8.05. The Balaban J connectivity index is 1.44. The molecule has 1 saturated heterocycles. The number of carbonyl (C=O) groups excluding carboxylic acids is 1. The van der Waals surface area contributed by atoms with Gasteiger partial charge < -0.3 is 9.72 Å². The Morgan fingerprint density at radius 1 is 1.00 bits per heavy atom. The van der Waals surface area contributed by atoms with Crippen LogP contribution in [0, 0.1) is 0 Å². The first-order chi connectivity index (χ1) is 18.8. The van der Waals surface area contributed by atoms with Crippen LogP contribution in [0.2, 0.25) is 0 Å². The molecule has 0 bridgehead atoms. The largest absolute Gasteiger partial charge is 0.435 e. The highest BCUT2D eigenvalue weighted by Crippen LogP contribution is 2.49. The number of rotatable bonds is 4. The summed E-state index contributed by atoms with van der Waals surface area (Å²) in [6.45, 7) is 2.16. The maximum Gasteiger partial charge on any atom is 0.435 e. The van der Waals surface area contributed by atoms with Crippen LogP contribution < -0.4 is 0 Å². The lowest BCUT2D eigenvalue weighted by atomic mass is 9.74. The van der Waals surface area contributed by atoms with Gasteiger partial charge in [0.05, 0.1) is 17.3 Å². The van der Waals surface area contributed by atoms with Gasteiger partial charge >= 0.3 is 12.4 Å². The van der Waals surface area contributed by atoms with Gasteiger partial charge in [-0.1, -0.05) is 37.3 Å². The number of hydrogen-bond donors (Lipinski definition) is 1. The van der Waals surface area contributed by atoms with Gasteiger partial charge in [-0.3, -0.25) is 9.48 Å². The lowest BCUT2D eigenvalue weighted by Gasteiger charge is -2.39. The SMILES string of the molecule is CC1(c2[nH]c3ccccc3c2-c2cccc(C(F)(F)F)c2)CCOC(c2cc(C(F)(F)F)nn2C2CC(=O)C2)C1. The molecule has 6 rings (SSSR count). The highest BCUT2D eigenvalue weighted by molar-refractivity contribution is 5.98. The van der Waals surface area contributed by atoms with E-state index >= 15 is 0 Å². The molecule has 5 nitrogen and oxygen atoms in total. The van der Waals surface area contributed by atoms with E-state index in [9.17, 15) is 31.1 Å². The Hall–Kier alpha value is -3.60. The zero-order chi connectivity index (χ0) is 28.4. The first kappa shape index (κ1) is 26.6. The number of Topliss-reactive ketones (excluding diaryl/α,β-unsaturated/α-hetero) is 1. The molecule has 0 amide bonds. The van der Waals surface area contributed by atoms with E-state index in [2.05, 4.69) is 10.1 Å². The number of carbonyl (C=O) groups is 1. The van der Waals surface area contributed by atoms with Gasteiger partial charge in [-0.15, -0.1) is 0 Å². The Labute approximate surface area is 225 Å². The first-order valence-corrected chi connectivity index (χ1v) is 12.9. The number of nitrogens with zero attached hydrogens (tertiary/aromatic N) is 2. The predicted molar refractivity (Wildman–Crippen MR) is 135 cm³/mol. The van der Waals surface area contributed by atoms with Gasteiger partial charge in [0.2, 0.25) is 0 Å². The summed E-state index contributed by atoms with van der Waals surface area (Å²) in [5, 5.41) is 4.56. The topological polar surface area (TPSA) is 59.9 Å². The molecule has 3 heterocycles. The van der Waals surface area contributed by atoms with Gasteiger partial charge in [-0.05, 0) is 42.7 Å². The van der Waals surface area contributed by atoms with Crippen LogP contribution in [0.4, 0.5) is 26.3 Å². The first-order valence-electron chi connectivity index (χ1n) is 12.9. The second-order valence-electron chi connectivity index (χ2n) is 10.9. The number of fused-ring (bicyclic) bond motifs is 1. The van der Waals surface area contributed by atoms with Crippen molar-refractivity contribution in [1.29, 1.82) is 0 Å². The van der Waals surface area contributed by atoms with Crippen LogP contribution >= 0.6 is 0 Å². The summed E-state index contributed by atoms with van der Waals surface area (Å²) >= 11 is 0. The summed E-state index contributed by atoms with van der Waals surface area (Å²) in [5.41, 5.74) is 0.195. The number of halogens is 6. The Kier molecular flexibility index (Phi) is 6.14. The average molecular weight is 562 g/mol. The molecule has 1 aliphatic heterocycles. The molecule has 210 valence electrons. The number of para-hydroxylation sites is 1. The van der Waals surface area contributed by atoms with E-state index in [1.54, 1.807) is 6.07 Å². The molecule has 0 spiro atoms. The van der Waals surface area contributed by atoms with Crippen LogP contribution in [0.5, 0.6) is 0 Å². The number of hydrogen-bond acceptors (Lipinski definition) is 3. The van der Waals surface area contributed by atoms with Crippen LogP contribution in [0.15, 0.2) is 54.6 Å². The molecular formula is C29H25F6N3O2. The van der Waals surface area contributed by atoms with Crippen molar-refractivity contribution in [3.8, 4) is 11.1 Å². The van der Waals surface area contributed by atoms with Gasteiger partial charge in [-0.25, -0.2) is 0 Å². The third-order valence-electron chi connectivity index (χ3n) is 8.05. The molecule has 4 aromatic rings. The summed E-state index contributed by atoms with van der Waals surface area (Å²) in [6.07, 6.45) is -8.98. The van der Waals surface area contributed by atoms with Crippen LogP contribution in [-0.4, -0.2) is 27.2 Å². The van der Waals surface area contributed by atoms with Crippen molar-refractivity contribution in [3.63, 3.8) is 0 Å². The molecule has 2 aromatic heterocycles. The number of aromatic nitrogens is 3. The average Bonchev–Trinajstić information content (AvgIpc) is 3.49. The number of ether oxygens (including phenoxy) is 1. The number of H-pyrrole nitrogens is 1. The van der Waals surface area contributed by atoms with Gasteiger partial charge in [0.15, 0.2) is 5.69 Å². The molecule has 2 unspecified atom stereocenters. The number of nitrogens with one attached hydrogen (secondary N) is 1. The lowest BCUT2D eigenvalue weighted by Crippen LogP contribution is -2.36. The minimum absolute atomic E-state index is 0.0433. The second-order valence-corrected chi connectivity index (χ2v) is 10.9. The minimum atomic E-state index is -4.67. The summed E-state index contributed by atoms with van der Waals surface area (Å²) in [5.74, 6) is -0.0433. The number of ketones is 1. The van der Waals surface area contributed by atoms with Crippen molar-refractivity contribution in [3.05, 3.63) is 77.2 Å². The molecular weight excluding hydrogens is 536 g/mol. The highest BCUT2D eigenvalue weighted by Gasteiger charge is 2.44. The van der Waals surface area contributed by atoms with E-state index in [0.717, 1.165) is 29.1 Å². The zero-order valence-corrected chi connectivity index (χ0v) is 21.4. The molecule has 0 radical (unpaired) electrons. The minimum Gasteiger partial charge on any atom is -0.372 e. The molecule has 1 aliphatic carbocycles. The fourth-order valence-corrected chi connectivity index (χ4v) is 5.88. The molecule has 2 aromatic carbocycles. The van der Waals surface area contributed by atoms with E-state index in [1.165, 1.54) is 10.7 Å². The Morgan fingerprint density at radius 3 is 2.45 bits per heavy atom. The standard InChI is InChI=1S/C29H25F6N3O2/c1-27(9-10-40-23(15-27)22-14-24(29(33,34)35)37-38(22)18-12-19(39)13-18)26-25(20-7-2-3-8-21(20)36-26)16-5-4-6-17(11-16)28(30,31)32/h2-8,11,14,18,23,36H,9-10,12-13,15H2,1H3. The lowest BCUT2D eigenvalue weighted by molar-refractivity contribution is -0.141. The summed E-state index contributed by atoms with van der Waals surface area (Å²) in [4.78, 5) is 15.1. The molecule has 11 heteroatoms. The third kappa shape index (κ3) is 4.59. The molecule has 40 heavy (non-hydrogen) atoms. The monoisotopic (exact) mass is 561 g/mol. The zero-order valence-electron chi connectivity index (χ0n) is 21.4. The molecule has 2 atom stereocenters. The van der Waals surface area contributed by atoms with Gasteiger partial charge in [0.1, 0.15) is 11.9 Å². The van der Waals surface area contributed by atoms with E-state index in [4.69, 9.17) is 4.74 Å². The van der Waals surface area contributed by atoms with Crippen molar-refractivity contribution in [2.45, 2.75) is 62.5 Å². The highest BCUT2D eigenvalue weighted by atomic mass is 19.4. The van der Waals surface area contributed by atoms with E-state index in [0.29, 0.717) is 23.2 Å². The van der Waals surface area contributed by atoms with Gasteiger partial charge in [0, 0.05) is 47.0 Å². The van der Waals surface area contributed by atoms with Gasteiger partial charge in [-0.2, -0.15) is 31.4 Å². The van der Waals surface area contributed by atoms with Crippen molar-refractivity contribution in [2.75, 3.05) is 6.61 Å². The van der Waals surface area contributed by atoms with E-state index < -0.39 is 41.2 Å². The fourth-order valence-electron chi connectivity index (χ4n) is 5.88. The molecule has 2 aliphatic rings. The Morgan fingerprint density at radius 2 is 1.75 bits per heavy atom. The van der Waals surface area contributed by atoms with E-state index in [-0.39, 0.29) is 37.3 Å². The maximum atomic E-state index is 13.6. The number of benzene rings is 2.